The van der Waals surface area contributed by atoms with Crippen LogP contribution in [-0.4, -0.2) is 23.5 Å². The number of carbonyl (C=O) groups excluding carboxylic acids is 1. The number of amides is 1. The van der Waals surface area contributed by atoms with Crippen molar-refractivity contribution in [3.8, 4) is 0 Å². The number of benzene rings is 1. The van der Waals surface area contributed by atoms with E-state index in [0.717, 1.165) is 0 Å². The van der Waals surface area contributed by atoms with Gasteiger partial charge in [0.05, 0.1) is 11.8 Å². The molecule has 0 radical (unpaired) electrons. The smallest absolute Gasteiger partial charge is 0.307 e. The number of halogens is 1. The van der Waals surface area contributed by atoms with E-state index in [0.29, 0.717) is 18.7 Å². The highest BCUT2D eigenvalue weighted by Gasteiger charge is 2.49. The van der Waals surface area contributed by atoms with Crippen molar-refractivity contribution in [3.05, 3.63) is 30.1 Å². The van der Waals surface area contributed by atoms with Gasteiger partial charge in [-0.15, -0.1) is 0 Å². The maximum atomic E-state index is 12.8. The van der Waals surface area contributed by atoms with E-state index in [-0.39, 0.29) is 11.7 Å². The third-order valence-corrected chi connectivity index (χ3v) is 3.15. The van der Waals surface area contributed by atoms with Crippen LogP contribution < -0.4 is 4.90 Å². The minimum absolute atomic E-state index is 0.198. The first-order valence-corrected chi connectivity index (χ1v) is 5.84. The zero-order chi connectivity index (χ0) is 13.3. The van der Waals surface area contributed by atoms with Crippen molar-refractivity contribution in [2.24, 2.45) is 11.8 Å². The lowest BCUT2D eigenvalue weighted by Gasteiger charge is -2.21. The minimum Gasteiger partial charge on any atom is -0.481 e. The highest BCUT2D eigenvalue weighted by Crippen LogP contribution is 2.40. The van der Waals surface area contributed by atoms with Gasteiger partial charge in [-0.2, -0.15) is 0 Å². The Bertz CT molecular complexity index is 472. The van der Waals surface area contributed by atoms with Gasteiger partial charge in [-0.1, -0.05) is 0 Å². The Morgan fingerprint density at radius 1 is 1.33 bits per heavy atom. The summed E-state index contributed by atoms with van der Waals surface area (Å²) >= 11 is 0. The van der Waals surface area contributed by atoms with E-state index in [4.69, 9.17) is 5.11 Å². The number of nitrogens with zero attached hydrogens (tertiary/aromatic N) is 1. The fourth-order valence-electron chi connectivity index (χ4n) is 2.03. The predicted octanol–water partition coefficient (Wildman–Crippen LogP) is 1.90. The number of hydrogen-bond donors (Lipinski definition) is 1. The topological polar surface area (TPSA) is 57.6 Å². The van der Waals surface area contributed by atoms with Crippen molar-refractivity contribution in [1.82, 2.24) is 0 Å². The lowest BCUT2D eigenvalue weighted by atomic mass is 10.2. The average molecular weight is 251 g/mol. The molecule has 5 heteroatoms. The Labute approximate surface area is 104 Å². The van der Waals surface area contributed by atoms with E-state index < -0.39 is 17.8 Å². The highest BCUT2D eigenvalue weighted by atomic mass is 19.1. The average Bonchev–Trinajstić information content (AvgIpc) is 3.12. The molecule has 1 aromatic carbocycles. The van der Waals surface area contributed by atoms with E-state index in [1.165, 1.54) is 29.2 Å². The molecule has 0 bridgehead atoms. The van der Waals surface area contributed by atoms with Crippen LogP contribution in [0.2, 0.25) is 0 Å². The monoisotopic (exact) mass is 251 g/mol. The van der Waals surface area contributed by atoms with Crippen LogP contribution in [0.4, 0.5) is 10.1 Å². The summed E-state index contributed by atoms with van der Waals surface area (Å²) < 4.78 is 12.8. The molecule has 2 rings (SSSR count). The minimum atomic E-state index is -0.927. The molecule has 0 heterocycles. The third kappa shape index (κ3) is 2.34. The Balaban J connectivity index is 2.12. The van der Waals surface area contributed by atoms with Crippen molar-refractivity contribution in [1.29, 1.82) is 0 Å². The maximum Gasteiger partial charge on any atom is 0.307 e. The zero-order valence-corrected chi connectivity index (χ0v) is 9.97. The normalized spacial score (nSPS) is 21.4. The van der Waals surface area contributed by atoms with E-state index in [2.05, 4.69) is 0 Å². The first-order valence-electron chi connectivity index (χ1n) is 5.84. The molecule has 0 saturated heterocycles. The van der Waals surface area contributed by atoms with Crippen molar-refractivity contribution in [3.63, 3.8) is 0 Å². The maximum absolute atomic E-state index is 12.8. The number of carboxylic acids is 1. The number of carboxylic acid groups (broad SMARTS) is 1. The molecule has 0 aliphatic heterocycles. The molecule has 0 spiro atoms. The summed E-state index contributed by atoms with van der Waals surface area (Å²) in [5, 5.41) is 8.81. The van der Waals surface area contributed by atoms with Crippen LogP contribution in [0, 0.1) is 17.7 Å². The largest absolute Gasteiger partial charge is 0.481 e. The van der Waals surface area contributed by atoms with E-state index in [1.807, 2.05) is 0 Å². The van der Waals surface area contributed by atoms with Crippen molar-refractivity contribution < 1.29 is 19.1 Å². The SMILES string of the molecule is CCN(C(=O)[C@@H]1C[C@@H]1C(=O)O)c1ccc(F)cc1. The summed E-state index contributed by atoms with van der Waals surface area (Å²) in [6.07, 6.45) is 0.395. The van der Waals surface area contributed by atoms with Crippen LogP contribution in [0.15, 0.2) is 24.3 Å². The van der Waals surface area contributed by atoms with Gasteiger partial charge in [0.2, 0.25) is 5.91 Å². The second-order valence-electron chi connectivity index (χ2n) is 4.35. The zero-order valence-electron chi connectivity index (χ0n) is 9.97. The van der Waals surface area contributed by atoms with Crippen molar-refractivity contribution in [2.75, 3.05) is 11.4 Å². The van der Waals surface area contributed by atoms with Gasteiger partial charge in [-0.05, 0) is 37.6 Å². The van der Waals surface area contributed by atoms with Crippen LogP contribution in [-0.2, 0) is 9.59 Å². The van der Waals surface area contributed by atoms with Crippen LogP contribution in [0.1, 0.15) is 13.3 Å². The summed E-state index contributed by atoms with van der Waals surface area (Å²) in [6, 6.07) is 5.61. The summed E-state index contributed by atoms with van der Waals surface area (Å²) in [7, 11) is 0. The van der Waals surface area contributed by atoms with Gasteiger partial charge >= 0.3 is 5.97 Å². The van der Waals surface area contributed by atoms with Crippen LogP contribution in [0.5, 0.6) is 0 Å². The first kappa shape index (κ1) is 12.5. The van der Waals surface area contributed by atoms with Crippen molar-refractivity contribution >= 4 is 17.6 Å². The molecule has 1 amide bonds. The molecule has 18 heavy (non-hydrogen) atoms. The summed E-state index contributed by atoms with van der Waals surface area (Å²) in [4.78, 5) is 24.3. The molecule has 1 saturated carbocycles. The molecule has 2 atom stereocenters. The summed E-state index contributed by atoms with van der Waals surface area (Å²) in [5.74, 6) is -2.49. The van der Waals surface area contributed by atoms with E-state index >= 15 is 0 Å². The molecule has 1 aromatic rings. The lowest BCUT2D eigenvalue weighted by molar-refractivity contribution is -0.140. The van der Waals surface area contributed by atoms with Gasteiger partial charge in [0.15, 0.2) is 0 Å². The predicted molar refractivity (Wildman–Crippen MR) is 63.7 cm³/mol. The molecular weight excluding hydrogens is 237 g/mol. The molecular formula is C13H14FNO3. The number of aliphatic carboxylic acids is 1. The van der Waals surface area contributed by atoms with Gasteiger partial charge in [0.25, 0.3) is 0 Å². The Kier molecular flexibility index (Phi) is 3.32. The Morgan fingerprint density at radius 3 is 2.39 bits per heavy atom. The summed E-state index contributed by atoms with van der Waals surface area (Å²) in [6.45, 7) is 2.24. The second kappa shape index (κ2) is 4.76. The number of rotatable bonds is 4. The standard InChI is InChI=1S/C13H14FNO3/c1-2-15(9-5-3-8(14)4-6-9)12(16)10-7-11(10)13(17)18/h3-6,10-11H,2,7H2,1H3,(H,17,18)/t10-,11+/m1/s1. The molecule has 1 aliphatic rings. The quantitative estimate of drug-likeness (QED) is 0.889. The van der Waals surface area contributed by atoms with Crippen molar-refractivity contribution in [2.45, 2.75) is 13.3 Å². The Morgan fingerprint density at radius 2 is 1.94 bits per heavy atom. The van der Waals surface area contributed by atoms with Gasteiger partial charge in [0.1, 0.15) is 5.82 Å². The highest BCUT2D eigenvalue weighted by molar-refractivity contribution is 6.00. The van der Waals surface area contributed by atoms with Gasteiger partial charge < -0.3 is 10.0 Å². The summed E-state index contributed by atoms with van der Waals surface area (Å²) in [5.41, 5.74) is 0.597. The first-order chi connectivity index (χ1) is 8.54. The molecule has 1 aliphatic carbocycles. The number of hydrogen-bond acceptors (Lipinski definition) is 2. The Hall–Kier alpha value is -1.91. The molecule has 1 N–H and O–H groups in total. The number of carbonyl (C=O) groups is 2. The molecule has 96 valence electrons. The third-order valence-electron chi connectivity index (χ3n) is 3.15. The van der Waals surface area contributed by atoms with Crippen LogP contribution in [0.3, 0.4) is 0 Å². The van der Waals surface area contributed by atoms with E-state index in [9.17, 15) is 14.0 Å². The van der Waals surface area contributed by atoms with Gasteiger partial charge in [-0.3, -0.25) is 9.59 Å². The molecule has 1 fully saturated rings. The fourth-order valence-corrected chi connectivity index (χ4v) is 2.03. The van der Waals surface area contributed by atoms with E-state index in [1.54, 1.807) is 6.92 Å². The molecule has 0 aromatic heterocycles. The van der Waals surface area contributed by atoms with Gasteiger partial charge in [-0.25, -0.2) is 4.39 Å². The fraction of sp³-hybridized carbons (Fsp3) is 0.385. The molecule has 0 unspecified atom stereocenters. The second-order valence-corrected chi connectivity index (χ2v) is 4.35. The van der Waals surface area contributed by atoms with Crippen LogP contribution >= 0.6 is 0 Å². The van der Waals surface area contributed by atoms with Crippen LogP contribution in [0.25, 0.3) is 0 Å². The molecule has 4 nitrogen and oxygen atoms in total. The lowest BCUT2D eigenvalue weighted by Crippen LogP contribution is -2.32. The van der Waals surface area contributed by atoms with Gasteiger partial charge in [0, 0.05) is 12.2 Å². The number of anilines is 1.